The zero-order valence-electron chi connectivity index (χ0n) is 16.3. The normalized spacial score (nSPS) is 10.2. The first kappa shape index (κ1) is 24.6. The predicted molar refractivity (Wildman–Crippen MR) is 120 cm³/mol. The number of anilines is 1. The maximum absolute atomic E-state index is 12.0. The molecule has 164 valence electrons. The second kappa shape index (κ2) is 11.7. The number of amides is 3. The van der Waals surface area contributed by atoms with Crippen molar-refractivity contribution < 1.29 is 23.9 Å². The average Bonchev–Trinajstić information content (AvgIpc) is 2.75. The van der Waals surface area contributed by atoms with E-state index < -0.39 is 30.3 Å². The molecule has 0 aliphatic heterocycles. The molecule has 0 heterocycles. The van der Waals surface area contributed by atoms with Crippen LogP contribution < -0.4 is 16.2 Å². The second-order valence-electron chi connectivity index (χ2n) is 6.22. The Labute approximate surface area is 196 Å². The molecule has 2 rings (SSSR count). The highest BCUT2D eigenvalue weighted by atomic mass is 79.9. The summed E-state index contributed by atoms with van der Waals surface area (Å²) in [6, 6.07) is 9.67. The van der Waals surface area contributed by atoms with Crippen molar-refractivity contribution in [1.29, 1.82) is 0 Å². The van der Waals surface area contributed by atoms with Gasteiger partial charge in [0.15, 0.2) is 6.61 Å². The molecule has 3 amide bonds. The molecule has 0 bridgehead atoms. The Bertz CT molecular complexity index is 1020. The fourth-order valence-corrected chi connectivity index (χ4v) is 3.13. The van der Waals surface area contributed by atoms with Gasteiger partial charge in [-0.1, -0.05) is 35.3 Å². The number of hydrogen-bond acceptors (Lipinski definition) is 5. The minimum Gasteiger partial charge on any atom is -0.456 e. The van der Waals surface area contributed by atoms with Gasteiger partial charge in [0.2, 0.25) is 5.91 Å². The van der Waals surface area contributed by atoms with Crippen molar-refractivity contribution in [3.63, 3.8) is 0 Å². The monoisotopic (exact) mass is 529 g/mol. The Kier molecular flexibility index (Phi) is 9.29. The summed E-state index contributed by atoms with van der Waals surface area (Å²) in [6.45, 7) is 1.22. The molecule has 0 unspecified atom stereocenters. The van der Waals surface area contributed by atoms with Gasteiger partial charge in [-0.3, -0.25) is 30.0 Å². The number of benzene rings is 2. The molecule has 0 fully saturated rings. The van der Waals surface area contributed by atoms with E-state index in [1.54, 1.807) is 31.2 Å². The third kappa shape index (κ3) is 7.54. The Balaban J connectivity index is 1.70. The number of nitrogens with one attached hydrogen (secondary N) is 3. The summed E-state index contributed by atoms with van der Waals surface area (Å²) in [4.78, 5) is 47.4. The molecule has 0 radical (unpaired) electrons. The van der Waals surface area contributed by atoms with Gasteiger partial charge in [-0.2, -0.15) is 0 Å². The first-order chi connectivity index (χ1) is 14.7. The van der Waals surface area contributed by atoms with E-state index in [4.69, 9.17) is 27.9 Å². The van der Waals surface area contributed by atoms with E-state index in [0.29, 0.717) is 20.7 Å². The maximum Gasteiger partial charge on any atom is 0.306 e. The number of ether oxygens (including phenoxy) is 1. The van der Waals surface area contributed by atoms with Crippen LogP contribution in [0.15, 0.2) is 40.9 Å². The lowest BCUT2D eigenvalue weighted by Crippen LogP contribution is -2.41. The van der Waals surface area contributed by atoms with E-state index in [2.05, 4.69) is 32.1 Å². The van der Waals surface area contributed by atoms with Crippen LogP contribution in [0, 0.1) is 6.92 Å². The van der Waals surface area contributed by atoms with Crippen molar-refractivity contribution in [2.75, 3.05) is 11.9 Å². The number of esters is 1. The zero-order valence-corrected chi connectivity index (χ0v) is 19.4. The van der Waals surface area contributed by atoms with Crippen LogP contribution in [0.5, 0.6) is 0 Å². The average molecular weight is 531 g/mol. The summed E-state index contributed by atoms with van der Waals surface area (Å²) in [7, 11) is 0. The fraction of sp³-hybridized carbons (Fsp3) is 0.200. The minimum absolute atomic E-state index is 0.192. The highest BCUT2D eigenvalue weighted by Gasteiger charge is 2.14. The number of carbonyl (C=O) groups is 4. The van der Waals surface area contributed by atoms with Gasteiger partial charge < -0.3 is 10.1 Å². The van der Waals surface area contributed by atoms with Crippen LogP contribution in [0.3, 0.4) is 0 Å². The molecular weight excluding hydrogens is 513 g/mol. The van der Waals surface area contributed by atoms with Crippen LogP contribution in [0.2, 0.25) is 10.0 Å². The number of hydrogen-bond donors (Lipinski definition) is 3. The molecule has 31 heavy (non-hydrogen) atoms. The molecule has 0 aliphatic rings. The van der Waals surface area contributed by atoms with E-state index in [-0.39, 0.29) is 23.4 Å². The van der Waals surface area contributed by atoms with Gasteiger partial charge in [0.1, 0.15) is 0 Å². The van der Waals surface area contributed by atoms with E-state index in [1.807, 2.05) is 0 Å². The molecular formula is C20H18BrCl2N3O5. The molecule has 8 nitrogen and oxygen atoms in total. The summed E-state index contributed by atoms with van der Waals surface area (Å²) in [5.41, 5.74) is 5.72. The minimum atomic E-state index is -0.742. The maximum atomic E-state index is 12.0. The Morgan fingerprint density at radius 1 is 0.968 bits per heavy atom. The molecule has 0 aromatic heterocycles. The topological polar surface area (TPSA) is 114 Å². The molecule has 0 saturated heterocycles. The Morgan fingerprint density at radius 3 is 2.39 bits per heavy atom. The van der Waals surface area contributed by atoms with E-state index in [9.17, 15) is 19.2 Å². The molecule has 0 spiro atoms. The quantitative estimate of drug-likeness (QED) is 0.372. The SMILES string of the molecule is Cc1c(NC(=O)COC(=O)CCC(=O)NNC(=O)c2ccccc2Cl)ccc(Br)c1Cl. The van der Waals surface area contributed by atoms with E-state index in [1.165, 1.54) is 12.1 Å². The van der Waals surface area contributed by atoms with Gasteiger partial charge in [0.25, 0.3) is 11.8 Å². The molecule has 2 aromatic rings. The van der Waals surface area contributed by atoms with Crippen molar-refractivity contribution >= 4 is 68.5 Å². The summed E-state index contributed by atoms with van der Waals surface area (Å²) in [6.07, 6.45) is -0.519. The van der Waals surface area contributed by atoms with Crippen LogP contribution in [0.4, 0.5) is 5.69 Å². The van der Waals surface area contributed by atoms with Crippen LogP contribution >= 0.6 is 39.1 Å². The van der Waals surface area contributed by atoms with Crippen LogP contribution in [-0.2, 0) is 19.1 Å². The lowest BCUT2D eigenvalue weighted by atomic mass is 10.2. The highest BCUT2D eigenvalue weighted by Crippen LogP contribution is 2.30. The third-order valence-corrected chi connectivity index (χ3v) is 5.67. The van der Waals surface area contributed by atoms with E-state index >= 15 is 0 Å². The number of carbonyl (C=O) groups excluding carboxylic acids is 4. The molecule has 11 heteroatoms. The van der Waals surface area contributed by atoms with Crippen molar-refractivity contribution in [1.82, 2.24) is 10.9 Å². The van der Waals surface area contributed by atoms with Gasteiger partial charge in [-0.15, -0.1) is 0 Å². The lowest BCUT2D eigenvalue weighted by molar-refractivity contribution is -0.148. The Hall–Kier alpha value is -2.62. The number of rotatable bonds is 7. The first-order valence-corrected chi connectivity index (χ1v) is 10.5. The number of hydrazine groups is 1. The standard InChI is InChI=1S/C20H18BrCl2N3O5/c1-11-15(7-6-13(21)19(11)23)24-17(28)10-31-18(29)9-8-16(27)25-26-20(30)12-4-2-3-5-14(12)22/h2-7H,8-10H2,1H3,(H,24,28)(H,25,27)(H,26,30). The largest absolute Gasteiger partial charge is 0.456 e. The van der Waals surface area contributed by atoms with Crippen molar-refractivity contribution in [3.8, 4) is 0 Å². The van der Waals surface area contributed by atoms with Gasteiger partial charge in [-0.05, 0) is 52.7 Å². The molecule has 0 saturated carbocycles. The second-order valence-corrected chi connectivity index (χ2v) is 7.86. The summed E-state index contributed by atoms with van der Waals surface area (Å²) < 4.78 is 5.54. The first-order valence-electron chi connectivity index (χ1n) is 8.92. The molecule has 0 atom stereocenters. The highest BCUT2D eigenvalue weighted by molar-refractivity contribution is 9.10. The Morgan fingerprint density at radius 2 is 1.68 bits per heavy atom. The van der Waals surface area contributed by atoms with Crippen LogP contribution in [0.1, 0.15) is 28.8 Å². The smallest absolute Gasteiger partial charge is 0.306 e. The molecule has 2 aromatic carbocycles. The summed E-state index contributed by atoms with van der Waals surface area (Å²) >= 11 is 15.3. The van der Waals surface area contributed by atoms with Crippen LogP contribution in [-0.4, -0.2) is 30.3 Å². The fourth-order valence-electron chi connectivity index (χ4n) is 2.31. The van der Waals surface area contributed by atoms with Crippen molar-refractivity contribution in [3.05, 3.63) is 62.0 Å². The predicted octanol–water partition coefficient (Wildman–Crippen LogP) is 3.79. The molecule has 0 aliphatic carbocycles. The van der Waals surface area contributed by atoms with E-state index in [0.717, 1.165) is 0 Å². The molecule has 3 N–H and O–H groups in total. The van der Waals surface area contributed by atoms with Crippen LogP contribution in [0.25, 0.3) is 0 Å². The van der Waals surface area contributed by atoms with Crippen molar-refractivity contribution in [2.24, 2.45) is 0 Å². The summed E-state index contributed by atoms with van der Waals surface area (Å²) in [5.74, 6) is -2.50. The van der Waals surface area contributed by atoms with Gasteiger partial charge in [-0.25, -0.2) is 0 Å². The zero-order chi connectivity index (χ0) is 23.0. The van der Waals surface area contributed by atoms with Crippen molar-refractivity contribution in [2.45, 2.75) is 19.8 Å². The lowest BCUT2D eigenvalue weighted by Gasteiger charge is -2.11. The van der Waals surface area contributed by atoms with Gasteiger partial charge >= 0.3 is 5.97 Å². The van der Waals surface area contributed by atoms with Gasteiger partial charge in [0.05, 0.1) is 22.0 Å². The summed E-state index contributed by atoms with van der Waals surface area (Å²) in [5, 5.41) is 3.29. The third-order valence-electron chi connectivity index (χ3n) is 3.97. The van der Waals surface area contributed by atoms with Gasteiger partial charge in [0, 0.05) is 16.6 Å². The number of halogens is 3.